The minimum Gasteiger partial charge on any atom is -0.485 e. The number of rotatable bonds is 10. The van der Waals surface area contributed by atoms with Gasteiger partial charge in [-0.1, -0.05) is 37.1 Å². The molecule has 0 atom stereocenters. The van der Waals surface area contributed by atoms with Gasteiger partial charge in [-0.2, -0.15) is 0 Å². The Kier molecular flexibility index (Phi) is 7.75. The Balaban J connectivity index is 1.62. The fourth-order valence-corrected chi connectivity index (χ4v) is 4.62. The SMILES string of the molecule is CCCCN(C)C(=O)c1cc(-c2csc(COc3ccccc3Cl)n2)n(Cc2ccco2)c1C. The molecule has 1 aromatic carbocycles. The third kappa shape index (κ3) is 5.37. The maximum Gasteiger partial charge on any atom is 0.255 e. The second kappa shape index (κ2) is 10.9. The van der Waals surface area contributed by atoms with Crippen LogP contribution in [0.3, 0.4) is 0 Å². The molecule has 4 rings (SSSR count). The summed E-state index contributed by atoms with van der Waals surface area (Å²) in [6, 6.07) is 13.1. The first-order chi connectivity index (χ1) is 16.5. The van der Waals surface area contributed by atoms with Gasteiger partial charge in [0.2, 0.25) is 0 Å². The van der Waals surface area contributed by atoms with E-state index in [0.717, 1.165) is 47.2 Å². The smallest absolute Gasteiger partial charge is 0.255 e. The van der Waals surface area contributed by atoms with Gasteiger partial charge in [0.1, 0.15) is 23.1 Å². The number of para-hydroxylation sites is 1. The van der Waals surface area contributed by atoms with Crippen LogP contribution >= 0.6 is 22.9 Å². The molecule has 0 spiro atoms. The highest BCUT2D eigenvalue weighted by Gasteiger charge is 2.23. The molecule has 3 heterocycles. The molecule has 0 saturated heterocycles. The molecule has 0 aliphatic rings. The van der Waals surface area contributed by atoms with Crippen molar-refractivity contribution in [1.29, 1.82) is 0 Å². The lowest BCUT2D eigenvalue weighted by Gasteiger charge is -2.16. The number of nitrogens with zero attached hydrogens (tertiary/aromatic N) is 3. The number of ether oxygens (including phenoxy) is 1. The van der Waals surface area contributed by atoms with Gasteiger partial charge < -0.3 is 18.6 Å². The zero-order chi connectivity index (χ0) is 24.1. The van der Waals surface area contributed by atoms with Gasteiger partial charge in [-0.25, -0.2) is 4.98 Å². The summed E-state index contributed by atoms with van der Waals surface area (Å²) in [4.78, 5) is 19.8. The van der Waals surface area contributed by atoms with Crippen molar-refractivity contribution in [1.82, 2.24) is 14.5 Å². The monoisotopic (exact) mass is 497 g/mol. The van der Waals surface area contributed by atoms with Crippen molar-refractivity contribution in [3.8, 4) is 17.1 Å². The van der Waals surface area contributed by atoms with Crippen molar-refractivity contribution in [3.05, 3.63) is 81.2 Å². The van der Waals surface area contributed by atoms with Crippen LogP contribution in [0.4, 0.5) is 0 Å². The average Bonchev–Trinajstić information content (AvgIpc) is 3.58. The highest BCUT2D eigenvalue weighted by atomic mass is 35.5. The molecule has 8 heteroatoms. The summed E-state index contributed by atoms with van der Waals surface area (Å²) in [5.74, 6) is 1.46. The van der Waals surface area contributed by atoms with Crippen LogP contribution < -0.4 is 4.74 Å². The summed E-state index contributed by atoms with van der Waals surface area (Å²) in [6.45, 7) is 5.66. The van der Waals surface area contributed by atoms with Crippen molar-refractivity contribution in [2.24, 2.45) is 0 Å². The Morgan fingerprint density at radius 2 is 2.09 bits per heavy atom. The van der Waals surface area contributed by atoms with Gasteiger partial charge in [0.25, 0.3) is 5.91 Å². The number of hydrogen-bond donors (Lipinski definition) is 0. The van der Waals surface area contributed by atoms with Crippen LogP contribution in [0.5, 0.6) is 5.75 Å². The van der Waals surface area contributed by atoms with Crippen molar-refractivity contribution < 1.29 is 13.9 Å². The van der Waals surface area contributed by atoms with Gasteiger partial charge in [-0.3, -0.25) is 4.79 Å². The Labute approximate surface area is 208 Å². The second-order valence-electron chi connectivity index (χ2n) is 8.12. The second-order valence-corrected chi connectivity index (χ2v) is 9.47. The van der Waals surface area contributed by atoms with Gasteiger partial charge >= 0.3 is 0 Å². The molecule has 0 saturated carbocycles. The Bertz CT molecular complexity index is 1250. The number of carbonyl (C=O) groups is 1. The lowest BCUT2D eigenvalue weighted by Crippen LogP contribution is -2.28. The number of carbonyl (C=O) groups excluding carboxylic acids is 1. The molecule has 34 heavy (non-hydrogen) atoms. The van der Waals surface area contributed by atoms with E-state index in [9.17, 15) is 4.79 Å². The Morgan fingerprint density at radius 1 is 1.26 bits per heavy atom. The number of furan rings is 1. The summed E-state index contributed by atoms with van der Waals surface area (Å²) in [5.41, 5.74) is 3.25. The fourth-order valence-electron chi connectivity index (χ4n) is 3.73. The Hall–Kier alpha value is -3.03. The van der Waals surface area contributed by atoms with Crippen molar-refractivity contribution >= 4 is 28.8 Å². The van der Waals surface area contributed by atoms with E-state index in [-0.39, 0.29) is 5.91 Å². The predicted molar refractivity (Wildman–Crippen MR) is 136 cm³/mol. The summed E-state index contributed by atoms with van der Waals surface area (Å²) in [5, 5.41) is 3.39. The topological polar surface area (TPSA) is 60.5 Å². The third-order valence-electron chi connectivity index (χ3n) is 5.69. The van der Waals surface area contributed by atoms with E-state index in [4.69, 9.17) is 25.7 Å². The van der Waals surface area contributed by atoms with Crippen LogP contribution in [0.2, 0.25) is 5.02 Å². The van der Waals surface area contributed by atoms with Crippen molar-refractivity contribution in [3.63, 3.8) is 0 Å². The van der Waals surface area contributed by atoms with Gasteiger partial charge in [0.05, 0.1) is 34.8 Å². The number of halogens is 1. The van der Waals surface area contributed by atoms with Crippen LogP contribution in [0, 0.1) is 6.92 Å². The van der Waals surface area contributed by atoms with Gasteiger partial charge in [0, 0.05) is 24.7 Å². The zero-order valence-corrected chi connectivity index (χ0v) is 21.2. The van der Waals surface area contributed by atoms with E-state index in [2.05, 4.69) is 11.5 Å². The highest BCUT2D eigenvalue weighted by Crippen LogP contribution is 2.30. The number of benzene rings is 1. The van der Waals surface area contributed by atoms with Gasteiger partial charge in [-0.15, -0.1) is 11.3 Å². The minimum absolute atomic E-state index is 0.0166. The molecule has 0 unspecified atom stereocenters. The largest absolute Gasteiger partial charge is 0.485 e. The fraction of sp³-hybridized carbons (Fsp3) is 0.308. The highest BCUT2D eigenvalue weighted by molar-refractivity contribution is 7.09. The standard InChI is InChI=1S/C26H28ClN3O3S/c1-4-5-12-29(3)26(31)20-14-23(30(18(20)2)15-19-9-8-13-32-19)22-17-34-25(28-22)16-33-24-11-7-6-10-21(24)27/h6-11,13-14,17H,4-5,12,15-16H2,1-3H3. The van der Waals surface area contributed by atoms with E-state index in [1.54, 1.807) is 17.2 Å². The maximum atomic E-state index is 13.2. The summed E-state index contributed by atoms with van der Waals surface area (Å²) in [6.07, 6.45) is 3.67. The molecule has 1 amide bonds. The average molecular weight is 498 g/mol. The molecule has 0 N–H and O–H groups in total. The number of unbranched alkanes of at least 4 members (excludes halogenated alkanes) is 1. The minimum atomic E-state index is 0.0166. The number of hydrogen-bond acceptors (Lipinski definition) is 5. The van der Waals surface area contributed by atoms with Gasteiger partial charge in [-0.05, 0) is 43.7 Å². The first kappa shape index (κ1) is 24.1. The first-order valence-corrected chi connectivity index (χ1v) is 12.5. The molecule has 4 aromatic rings. The van der Waals surface area contributed by atoms with Crippen LogP contribution in [0.15, 0.2) is 58.5 Å². The summed E-state index contributed by atoms with van der Waals surface area (Å²) >= 11 is 7.71. The molecule has 0 fully saturated rings. The maximum absolute atomic E-state index is 13.2. The van der Waals surface area contributed by atoms with E-state index in [0.29, 0.717) is 29.5 Å². The van der Waals surface area contributed by atoms with E-state index in [1.165, 1.54) is 11.3 Å². The quantitative estimate of drug-likeness (QED) is 0.245. The van der Waals surface area contributed by atoms with Crippen LogP contribution in [0.25, 0.3) is 11.4 Å². The van der Waals surface area contributed by atoms with Gasteiger partial charge in [0.15, 0.2) is 0 Å². The van der Waals surface area contributed by atoms with Crippen LogP contribution in [-0.2, 0) is 13.2 Å². The normalized spacial score (nSPS) is 11.1. The molecule has 0 aliphatic heterocycles. The first-order valence-electron chi connectivity index (χ1n) is 11.3. The molecule has 0 radical (unpaired) electrons. The van der Waals surface area contributed by atoms with E-state index in [1.807, 2.05) is 55.7 Å². The molecular weight excluding hydrogens is 470 g/mol. The molecule has 3 aromatic heterocycles. The van der Waals surface area contributed by atoms with Crippen molar-refractivity contribution in [2.75, 3.05) is 13.6 Å². The van der Waals surface area contributed by atoms with E-state index >= 15 is 0 Å². The molecule has 178 valence electrons. The Morgan fingerprint density at radius 3 is 2.82 bits per heavy atom. The van der Waals surface area contributed by atoms with E-state index < -0.39 is 0 Å². The third-order valence-corrected chi connectivity index (χ3v) is 6.82. The molecular formula is C26H28ClN3O3S. The molecule has 0 aliphatic carbocycles. The predicted octanol–water partition coefficient (Wildman–Crippen LogP) is 6.67. The molecule has 6 nitrogen and oxygen atoms in total. The van der Waals surface area contributed by atoms with Crippen LogP contribution in [0.1, 0.15) is 46.6 Å². The zero-order valence-electron chi connectivity index (χ0n) is 19.6. The summed E-state index contributed by atoms with van der Waals surface area (Å²) in [7, 11) is 1.86. The lowest BCUT2D eigenvalue weighted by molar-refractivity contribution is 0.0792. The van der Waals surface area contributed by atoms with Crippen LogP contribution in [-0.4, -0.2) is 34.0 Å². The number of thiazole rings is 1. The lowest BCUT2D eigenvalue weighted by atomic mass is 10.2. The number of aromatic nitrogens is 2. The summed E-state index contributed by atoms with van der Waals surface area (Å²) < 4.78 is 13.5. The molecule has 0 bridgehead atoms. The van der Waals surface area contributed by atoms with Crippen molar-refractivity contribution in [2.45, 2.75) is 39.8 Å². The number of amides is 1.